The lowest BCUT2D eigenvalue weighted by atomic mass is 9.82. The van der Waals surface area contributed by atoms with Gasteiger partial charge in [0.15, 0.2) is 11.6 Å². The number of nitrogens with one attached hydrogen (secondary N) is 2. The summed E-state index contributed by atoms with van der Waals surface area (Å²) in [5, 5.41) is 19.7. The minimum absolute atomic E-state index is 0.0801. The minimum atomic E-state index is -0.889. The predicted octanol–water partition coefficient (Wildman–Crippen LogP) is 2.40. The zero-order chi connectivity index (χ0) is 15.6. The number of carbonyl (C=O) groups excluding carboxylic acids is 1. The van der Waals surface area contributed by atoms with Gasteiger partial charge >= 0.3 is 0 Å². The van der Waals surface area contributed by atoms with E-state index in [0.29, 0.717) is 24.4 Å². The highest BCUT2D eigenvalue weighted by molar-refractivity contribution is 5.89. The highest BCUT2D eigenvalue weighted by Crippen LogP contribution is 2.31. The van der Waals surface area contributed by atoms with E-state index in [0.717, 1.165) is 25.0 Å². The lowest BCUT2D eigenvalue weighted by Gasteiger charge is -2.31. The number of nitrogens with zero attached hydrogens (tertiary/aromatic N) is 2. The molecule has 7 nitrogen and oxygen atoms in total. The zero-order valence-electron chi connectivity index (χ0n) is 12.6. The van der Waals surface area contributed by atoms with E-state index in [9.17, 15) is 9.90 Å². The molecule has 0 atom stereocenters. The first-order valence-corrected chi connectivity index (χ1v) is 7.56. The summed E-state index contributed by atoms with van der Waals surface area (Å²) in [5.74, 6) is 1.71. The molecule has 0 saturated heterocycles. The molecule has 2 aromatic rings. The average molecular weight is 304 g/mol. The van der Waals surface area contributed by atoms with E-state index in [1.165, 1.54) is 0 Å². The summed E-state index contributed by atoms with van der Waals surface area (Å²) in [5.41, 5.74) is -0.889. The molecular formula is C15H20N4O3. The summed E-state index contributed by atoms with van der Waals surface area (Å²) in [7, 11) is 0. The lowest BCUT2D eigenvalue weighted by Crippen LogP contribution is -2.36. The van der Waals surface area contributed by atoms with Gasteiger partial charge in [-0.1, -0.05) is 19.3 Å². The number of aliphatic hydroxyl groups is 1. The number of hydrogen-bond donors (Lipinski definition) is 3. The van der Waals surface area contributed by atoms with Crippen molar-refractivity contribution in [3.05, 3.63) is 17.9 Å². The van der Waals surface area contributed by atoms with Crippen LogP contribution in [0.3, 0.4) is 0 Å². The second-order valence-corrected chi connectivity index (χ2v) is 5.93. The largest absolute Gasteiger partial charge is 0.458 e. The molecule has 118 valence electrons. The van der Waals surface area contributed by atoms with Crippen molar-refractivity contribution < 1.29 is 14.3 Å². The van der Waals surface area contributed by atoms with E-state index in [-0.39, 0.29) is 18.3 Å². The van der Waals surface area contributed by atoms with E-state index in [1.807, 2.05) is 13.0 Å². The lowest BCUT2D eigenvalue weighted by molar-refractivity contribution is -0.122. The maximum atomic E-state index is 12.0. The second kappa shape index (κ2) is 5.92. The van der Waals surface area contributed by atoms with Crippen LogP contribution in [0.25, 0.3) is 11.6 Å². The van der Waals surface area contributed by atoms with Gasteiger partial charge in [-0.3, -0.25) is 15.2 Å². The van der Waals surface area contributed by atoms with Crippen molar-refractivity contribution in [1.29, 1.82) is 0 Å². The molecular weight excluding hydrogens is 284 g/mol. The van der Waals surface area contributed by atoms with Crippen molar-refractivity contribution >= 4 is 11.9 Å². The molecule has 3 rings (SSSR count). The third-order valence-corrected chi connectivity index (χ3v) is 3.98. The molecule has 2 heterocycles. The molecule has 1 saturated carbocycles. The first-order valence-electron chi connectivity index (χ1n) is 7.56. The van der Waals surface area contributed by atoms with Crippen molar-refractivity contribution in [3.63, 3.8) is 0 Å². The average Bonchev–Trinajstić information content (AvgIpc) is 3.08. The zero-order valence-corrected chi connectivity index (χ0v) is 12.6. The monoisotopic (exact) mass is 304 g/mol. The van der Waals surface area contributed by atoms with Crippen LogP contribution in [0.15, 0.2) is 16.5 Å². The molecule has 3 N–H and O–H groups in total. The topological polar surface area (TPSA) is 104 Å². The van der Waals surface area contributed by atoms with Gasteiger partial charge in [-0.15, -0.1) is 5.10 Å². The van der Waals surface area contributed by atoms with Gasteiger partial charge in [0.05, 0.1) is 12.0 Å². The number of amides is 1. The number of aryl methyl sites for hydroxylation is 1. The van der Waals surface area contributed by atoms with Gasteiger partial charge in [-0.2, -0.15) is 4.98 Å². The number of aromatic amines is 1. The smallest absolute Gasteiger partial charge is 0.249 e. The molecule has 0 aromatic carbocycles. The summed E-state index contributed by atoms with van der Waals surface area (Å²) in [6.07, 6.45) is 4.48. The molecule has 0 unspecified atom stereocenters. The minimum Gasteiger partial charge on any atom is -0.458 e. The molecule has 0 radical (unpaired) electrons. The number of hydrogen-bond acceptors (Lipinski definition) is 5. The summed E-state index contributed by atoms with van der Waals surface area (Å²) >= 11 is 0. The van der Waals surface area contributed by atoms with Crippen LogP contribution in [0.4, 0.5) is 5.95 Å². The molecule has 1 fully saturated rings. The Labute approximate surface area is 128 Å². The summed E-state index contributed by atoms with van der Waals surface area (Å²) in [6.45, 7) is 1.84. The fraction of sp³-hybridized carbons (Fsp3) is 0.533. The molecule has 2 aromatic heterocycles. The maximum Gasteiger partial charge on any atom is 0.249 e. The number of furan rings is 1. The Morgan fingerprint density at radius 1 is 1.41 bits per heavy atom. The van der Waals surface area contributed by atoms with Gasteiger partial charge in [-0.25, -0.2) is 0 Å². The van der Waals surface area contributed by atoms with Gasteiger partial charge in [-0.05, 0) is 31.9 Å². The number of aromatic nitrogens is 3. The van der Waals surface area contributed by atoms with Gasteiger partial charge < -0.3 is 9.52 Å². The van der Waals surface area contributed by atoms with E-state index in [1.54, 1.807) is 6.07 Å². The molecule has 7 heteroatoms. The van der Waals surface area contributed by atoms with Crippen molar-refractivity contribution in [3.8, 4) is 11.6 Å². The second-order valence-electron chi connectivity index (χ2n) is 5.93. The van der Waals surface area contributed by atoms with Crippen LogP contribution in [-0.2, 0) is 4.79 Å². The van der Waals surface area contributed by atoms with Crippen LogP contribution in [0, 0.1) is 6.92 Å². The van der Waals surface area contributed by atoms with E-state index >= 15 is 0 Å². The molecule has 1 aliphatic carbocycles. The Morgan fingerprint density at radius 3 is 2.86 bits per heavy atom. The Hall–Kier alpha value is -2.15. The van der Waals surface area contributed by atoms with Crippen LogP contribution >= 0.6 is 0 Å². The SMILES string of the molecule is Cc1ccc(-c2nc(NC(=O)CC3(O)CCCCC3)n[nH]2)o1. The molecule has 1 aliphatic rings. The fourth-order valence-electron chi connectivity index (χ4n) is 2.84. The van der Waals surface area contributed by atoms with E-state index < -0.39 is 5.60 Å². The summed E-state index contributed by atoms with van der Waals surface area (Å²) in [6, 6.07) is 3.61. The van der Waals surface area contributed by atoms with Crippen molar-refractivity contribution in [2.45, 2.75) is 51.0 Å². The molecule has 0 aliphatic heterocycles. The van der Waals surface area contributed by atoms with Gasteiger partial charge in [0.2, 0.25) is 11.9 Å². The van der Waals surface area contributed by atoms with Crippen LogP contribution in [0.1, 0.15) is 44.3 Å². The van der Waals surface area contributed by atoms with Crippen molar-refractivity contribution in [2.24, 2.45) is 0 Å². The van der Waals surface area contributed by atoms with Crippen molar-refractivity contribution in [1.82, 2.24) is 15.2 Å². The number of carbonyl (C=O) groups is 1. The Bertz CT molecular complexity index is 655. The third-order valence-electron chi connectivity index (χ3n) is 3.98. The van der Waals surface area contributed by atoms with Gasteiger partial charge in [0.1, 0.15) is 5.76 Å². The normalized spacial score (nSPS) is 17.4. The highest BCUT2D eigenvalue weighted by Gasteiger charge is 2.32. The van der Waals surface area contributed by atoms with Crippen LogP contribution in [-0.4, -0.2) is 31.8 Å². The number of anilines is 1. The van der Waals surface area contributed by atoms with E-state index in [2.05, 4.69) is 20.5 Å². The standard InChI is InChI=1S/C15H20N4O3/c1-10-5-6-11(22-10)13-17-14(19-18-13)16-12(20)9-15(21)7-3-2-4-8-15/h5-6,21H,2-4,7-9H2,1H3,(H2,16,17,18,19,20). The Balaban J connectivity index is 1.61. The van der Waals surface area contributed by atoms with Crippen LogP contribution in [0.2, 0.25) is 0 Å². The number of rotatable bonds is 4. The molecule has 0 spiro atoms. The first-order chi connectivity index (χ1) is 10.5. The third kappa shape index (κ3) is 3.36. The van der Waals surface area contributed by atoms with Gasteiger partial charge in [0.25, 0.3) is 0 Å². The molecule has 1 amide bonds. The Kier molecular flexibility index (Phi) is 3.98. The molecule has 22 heavy (non-hydrogen) atoms. The van der Waals surface area contributed by atoms with Crippen molar-refractivity contribution in [2.75, 3.05) is 5.32 Å². The maximum absolute atomic E-state index is 12.0. The quantitative estimate of drug-likeness (QED) is 0.804. The van der Waals surface area contributed by atoms with Crippen LogP contribution in [0.5, 0.6) is 0 Å². The first kappa shape index (κ1) is 14.8. The highest BCUT2D eigenvalue weighted by atomic mass is 16.3. The van der Waals surface area contributed by atoms with Gasteiger partial charge in [0, 0.05) is 0 Å². The van der Waals surface area contributed by atoms with E-state index in [4.69, 9.17) is 4.42 Å². The summed E-state index contributed by atoms with van der Waals surface area (Å²) < 4.78 is 5.44. The fourth-order valence-corrected chi connectivity index (χ4v) is 2.84. The molecule has 0 bridgehead atoms. The number of H-pyrrole nitrogens is 1. The summed E-state index contributed by atoms with van der Waals surface area (Å²) in [4.78, 5) is 16.2. The Morgan fingerprint density at radius 2 is 2.18 bits per heavy atom. The van der Waals surface area contributed by atoms with Crippen LogP contribution < -0.4 is 5.32 Å². The predicted molar refractivity (Wildman–Crippen MR) is 80.1 cm³/mol.